The number of Topliss-reactive ketones (excluding diaryl/α,β-unsaturated/α-hetero) is 2. The molecule has 8 nitrogen and oxygen atoms in total. The smallest absolute Gasteiger partial charge is 0.318 e. The van der Waals surface area contributed by atoms with Crippen molar-refractivity contribution < 1.29 is 38.1 Å². The van der Waals surface area contributed by atoms with Crippen molar-refractivity contribution in [2.75, 3.05) is 27.4 Å². The molecule has 2 aromatic carbocycles. The summed E-state index contributed by atoms with van der Waals surface area (Å²) in [6.45, 7) is 3.02. The third-order valence-corrected chi connectivity index (χ3v) is 4.72. The zero-order chi connectivity index (χ0) is 23.7. The molecule has 0 aliphatic rings. The van der Waals surface area contributed by atoms with Crippen LogP contribution in [0.2, 0.25) is 0 Å². The van der Waals surface area contributed by atoms with Gasteiger partial charge in [0, 0.05) is 0 Å². The van der Waals surface area contributed by atoms with Crippen LogP contribution >= 0.6 is 0 Å². The Morgan fingerprint density at radius 3 is 1.31 bits per heavy atom. The molecule has 0 aromatic heterocycles. The van der Waals surface area contributed by atoms with E-state index in [1.165, 1.54) is 38.5 Å². The molecule has 2 aromatic rings. The van der Waals surface area contributed by atoms with Crippen LogP contribution in [0.4, 0.5) is 0 Å². The first-order valence-corrected chi connectivity index (χ1v) is 10.1. The van der Waals surface area contributed by atoms with Crippen molar-refractivity contribution >= 4 is 23.5 Å². The maximum absolute atomic E-state index is 13.5. The summed E-state index contributed by atoms with van der Waals surface area (Å²) in [7, 11) is 2.74. The lowest BCUT2D eigenvalue weighted by atomic mass is 9.80. The molecule has 0 unspecified atom stereocenters. The summed E-state index contributed by atoms with van der Waals surface area (Å²) >= 11 is 0. The van der Waals surface area contributed by atoms with Crippen molar-refractivity contribution in [3.8, 4) is 11.5 Å². The van der Waals surface area contributed by atoms with E-state index in [0.29, 0.717) is 0 Å². The second-order valence-corrected chi connectivity index (χ2v) is 6.59. The van der Waals surface area contributed by atoms with Gasteiger partial charge in [0.25, 0.3) is 0 Å². The Bertz CT molecular complexity index is 902. The number of hydrogen-bond acceptors (Lipinski definition) is 8. The Kier molecular flexibility index (Phi) is 8.95. The van der Waals surface area contributed by atoms with Crippen molar-refractivity contribution in [3.05, 3.63) is 59.7 Å². The Morgan fingerprint density at radius 1 is 0.656 bits per heavy atom. The van der Waals surface area contributed by atoms with Gasteiger partial charge in [0.05, 0.1) is 38.6 Å². The summed E-state index contributed by atoms with van der Waals surface area (Å²) in [5.41, 5.74) is 0.0744. The molecule has 0 aliphatic carbocycles. The fraction of sp³-hybridized carbons (Fsp3) is 0.333. The quantitative estimate of drug-likeness (QED) is 0.297. The molecule has 2 atom stereocenters. The highest BCUT2D eigenvalue weighted by molar-refractivity contribution is 6.20. The van der Waals surface area contributed by atoms with Crippen LogP contribution in [0.25, 0.3) is 0 Å². The average Bonchev–Trinajstić information content (AvgIpc) is 2.81. The molecule has 0 bridgehead atoms. The van der Waals surface area contributed by atoms with E-state index in [-0.39, 0.29) is 35.8 Å². The number of esters is 2. The largest absolute Gasteiger partial charge is 0.496 e. The number of hydrogen-bond donors (Lipinski definition) is 0. The van der Waals surface area contributed by atoms with Gasteiger partial charge in [-0.05, 0) is 38.1 Å². The summed E-state index contributed by atoms with van der Waals surface area (Å²) in [5, 5.41) is 0. The summed E-state index contributed by atoms with van der Waals surface area (Å²) in [5.74, 6) is -6.76. The highest BCUT2D eigenvalue weighted by Gasteiger charge is 2.47. The van der Waals surface area contributed by atoms with Crippen molar-refractivity contribution in [2.45, 2.75) is 13.8 Å². The van der Waals surface area contributed by atoms with Crippen LogP contribution < -0.4 is 9.47 Å². The highest BCUT2D eigenvalue weighted by Crippen LogP contribution is 2.31. The number of methoxy groups -OCH3 is 2. The summed E-state index contributed by atoms with van der Waals surface area (Å²) in [4.78, 5) is 52.9. The van der Waals surface area contributed by atoms with Gasteiger partial charge >= 0.3 is 11.9 Å². The number of carbonyl (C=O) groups is 4. The van der Waals surface area contributed by atoms with Crippen LogP contribution in [-0.4, -0.2) is 50.9 Å². The Morgan fingerprint density at radius 2 is 1.00 bits per heavy atom. The van der Waals surface area contributed by atoms with Crippen molar-refractivity contribution in [2.24, 2.45) is 11.8 Å². The predicted octanol–water partition coefficient (Wildman–Crippen LogP) is 3.13. The molecule has 0 radical (unpaired) electrons. The molecular formula is C24H26O8. The van der Waals surface area contributed by atoms with E-state index in [4.69, 9.17) is 18.9 Å². The van der Waals surface area contributed by atoms with Gasteiger partial charge in [-0.15, -0.1) is 0 Å². The zero-order valence-electron chi connectivity index (χ0n) is 18.5. The fourth-order valence-corrected chi connectivity index (χ4v) is 3.28. The second-order valence-electron chi connectivity index (χ2n) is 6.59. The van der Waals surface area contributed by atoms with Gasteiger partial charge < -0.3 is 18.9 Å². The first kappa shape index (κ1) is 24.6. The molecule has 0 N–H and O–H groups in total. The number of ether oxygens (including phenoxy) is 4. The lowest BCUT2D eigenvalue weighted by molar-refractivity contribution is -0.156. The Hall–Kier alpha value is -3.68. The van der Waals surface area contributed by atoms with Crippen LogP contribution in [0.15, 0.2) is 48.5 Å². The monoisotopic (exact) mass is 442 g/mol. The Balaban J connectivity index is 2.67. The lowest BCUT2D eigenvalue weighted by Crippen LogP contribution is -2.42. The molecule has 8 heteroatoms. The van der Waals surface area contributed by atoms with E-state index in [2.05, 4.69) is 0 Å². The number of ketones is 2. The van der Waals surface area contributed by atoms with E-state index < -0.39 is 35.3 Å². The Labute approximate surface area is 186 Å². The van der Waals surface area contributed by atoms with Gasteiger partial charge in [-0.25, -0.2) is 0 Å². The molecule has 0 saturated carbocycles. The zero-order valence-corrected chi connectivity index (χ0v) is 18.5. The molecule has 0 saturated heterocycles. The second kappa shape index (κ2) is 11.6. The molecule has 170 valence electrons. The molecule has 0 aliphatic heterocycles. The minimum Gasteiger partial charge on any atom is -0.496 e. The highest BCUT2D eigenvalue weighted by atomic mass is 16.5. The maximum atomic E-state index is 13.5. The maximum Gasteiger partial charge on any atom is 0.318 e. The minimum atomic E-state index is -1.78. The van der Waals surface area contributed by atoms with Gasteiger partial charge in [-0.3, -0.25) is 19.2 Å². The van der Waals surface area contributed by atoms with E-state index in [0.717, 1.165) is 0 Å². The van der Waals surface area contributed by atoms with Crippen molar-refractivity contribution in [1.82, 2.24) is 0 Å². The van der Waals surface area contributed by atoms with Crippen LogP contribution in [0.5, 0.6) is 11.5 Å². The van der Waals surface area contributed by atoms with Gasteiger partial charge in [0.2, 0.25) is 0 Å². The topological polar surface area (TPSA) is 105 Å². The summed E-state index contributed by atoms with van der Waals surface area (Å²) < 4.78 is 20.6. The fourth-order valence-electron chi connectivity index (χ4n) is 3.28. The predicted molar refractivity (Wildman–Crippen MR) is 115 cm³/mol. The van der Waals surface area contributed by atoms with E-state index in [1.54, 1.807) is 38.1 Å². The van der Waals surface area contributed by atoms with E-state index >= 15 is 0 Å². The third kappa shape index (κ3) is 5.32. The third-order valence-electron chi connectivity index (χ3n) is 4.72. The first-order valence-electron chi connectivity index (χ1n) is 10.1. The van der Waals surface area contributed by atoms with Gasteiger partial charge in [-0.2, -0.15) is 0 Å². The molecular weight excluding hydrogens is 416 g/mol. The summed E-state index contributed by atoms with van der Waals surface area (Å²) in [6.07, 6.45) is 0. The average molecular weight is 442 g/mol. The minimum absolute atomic E-state index is 0.0372. The number of carbonyl (C=O) groups excluding carboxylic acids is 4. The normalized spacial score (nSPS) is 12.2. The van der Waals surface area contributed by atoms with Gasteiger partial charge in [-0.1, -0.05) is 24.3 Å². The number of rotatable bonds is 11. The first-order chi connectivity index (χ1) is 15.4. The number of para-hydroxylation sites is 2. The molecule has 2 rings (SSSR count). The SMILES string of the molecule is CCOC(=O)[C@H](C(=O)c1ccccc1OC)[C@H](C(=O)OCC)C(=O)c1ccccc1OC. The van der Waals surface area contributed by atoms with E-state index in [1.807, 2.05) is 0 Å². The van der Waals surface area contributed by atoms with Crippen molar-refractivity contribution in [3.63, 3.8) is 0 Å². The molecule has 0 heterocycles. The molecule has 0 amide bonds. The van der Waals surface area contributed by atoms with Crippen LogP contribution in [0.3, 0.4) is 0 Å². The standard InChI is InChI=1S/C24H26O8/c1-5-31-23(27)19(21(25)15-11-7-9-13-17(15)29-3)20(24(28)32-6-2)22(26)16-12-8-10-14-18(16)30-4/h7-14,19-20H,5-6H2,1-4H3/t19-,20-/m0/s1. The van der Waals surface area contributed by atoms with E-state index in [9.17, 15) is 19.2 Å². The number of benzene rings is 2. The van der Waals surface area contributed by atoms with Crippen LogP contribution in [-0.2, 0) is 19.1 Å². The molecule has 0 fully saturated rings. The van der Waals surface area contributed by atoms with Crippen molar-refractivity contribution in [1.29, 1.82) is 0 Å². The molecule has 0 spiro atoms. The lowest BCUT2D eigenvalue weighted by Gasteiger charge is -2.23. The van der Waals surface area contributed by atoms with Crippen LogP contribution in [0.1, 0.15) is 34.6 Å². The summed E-state index contributed by atoms with van der Waals surface area (Å²) in [6, 6.07) is 12.4. The molecule has 32 heavy (non-hydrogen) atoms. The van der Waals surface area contributed by atoms with Gasteiger partial charge in [0.1, 0.15) is 23.3 Å². The van der Waals surface area contributed by atoms with Gasteiger partial charge in [0.15, 0.2) is 11.6 Å². The van der Waals surface area contributed by atoms with Crippen LogP contribution in [0, 0.1) is 11.8 Å².